The van der Waals surface area contributed by atoms with E-state index in [9.17, 15) is 8.42 Å². The molecule has 1 aromatic rings. The van der Waals surface area contributed by atoms with Crippen LogP contribution in [-0.2, 0) is 10.0 Å². The van der Waals surface area contributed by atoms with Gasteiger partial charge in [0.05, 0.1) is 6.20 Å². The first-order chi connectivity index (χ1) is 7.51. The van der Waals surface area contributed by atoms with Crippen molar-refractivity contribution in [3.8, 4) is 0 Å². The summed E-state index contributed by atoms with van der Waals surface area (Å²) in [6.45, 7) is 4.63. The van der Waals surface area contributed by atoms with Crippen molar-refractivity contribution in [2.45, 2.75) is 37.8 Å². The number of H-pyrrole nitrogens is 1. The van der Waals surface area contributed by atoms with Crippen LogP contribution in [-0.4, -0.2) is 35.5 Å². The SMILES string of the molecule is CC(C)CN(C1CC1)S(=O)(=O)c1ccn[nH]1. The molecule has 0 bridgehead atoms. The van der Waals surface area contributed by atoms with E-state index < -0.39 is 10.0 Å². The lowest BCUT2D eigenvalue weighted by Gasteiger charge is -2.22. The molecule has 0 saturated heterocycles. The van der Waals surface area contributed by atoms with Crippen molar-refractivity contribution in [3.05, 3.63) is 12.3 Å². The fourth-order valence-electron chi connectivity index (χ4n) is 1.68. The van der Waals surface area contributed by atoms with Crippen molar-refractivity contribution in [1.29, 1.82) is 0 Å². The number of nitrogens with zero attached hydrogens (tertiary/aromatic N) is 2. The van der Waals surface area contributed by atoms with Crippen molar-refractivity contribution in [3.63, 3.8) is 0 Å². The van der Waals surface area contributed by atoms with Crippen molar-refractivity contribution in [1.82, 2.24) is 14.5 Å². The summed E-state index contributed by atoms with van der Waals surface area (Å²) < 4.78 is 26.1. The third kappa shape index (κ3) is 2.27. The van der Waals surface area contributed by atoms with E-state index in [0.717, 1.165) is 12.8 Å². The van der Waals surface area contributed by atoms with Crippen LogP contribution in [0.2, 0.25) is 0 Å². The summed E-state index contributed by atoms with van der Waals surface area (Å²) in [5.41, 5.74) is 0. The molecule has 1 heterocycles. The molecule has 2 rings (SSSR count). The monoisotopic (exact) mass is 243 g/mol. The van der Waals surface area contributed by atoms with Crippen LogP contribution >= 0.6 is 0 Å². The zero-order chi connectivity index (χ0) is 11.8. The maximum Gasteiger partial charge on any atom is 0.260 e. The summed E-state index contributed by atoms with van der Waals surface area (Å²) in [5.74, 6) is 0.332. The molecule has 0 aromatic carbocycles. The van der Waals surface area contributed by atoms with E-state index in [2.05, 4.69) is 10.2 Å². The summed E-state index contributed by atoms with van der Waals surface area (Å²) >= 11 is 0. The Labute approximate surface area is 95.9 Å². The van der Waals surface area contributed by atoms with Gasteiger partial charge in [-0.05, 0) is 24.8 Å². The molecular formula is C10H17N3O2S. The minimum absolute atomic E-state index is 0.190. The molecule has 0 atom stereocenters. The highest BCUT2D eigenvalue weighted by atomic mass is 32.2. The molecule has 16 heavy (non-hydrogen) atoms. The van der Waals surface area contributed by atoms with Crippen LogP contribution in [0.15, 0.2) is 17.3 Å². The standard InChI is InChI=1S/C10H17N3O2S/c1-8(2)7-13(9-3-4-9)16(14,15)10-5-6-11-12-10/h5-6,8-9H,3-4,7H2,1-2H3,(H,11,12). The Morgan fingerprint density at radius 3 is 2.69 bits per heavy atom. The maximum atomic E-state index is 12.3. The summed E-state index contributed by atoms with van der Waals surface area (Å²) in [4.78, 5) is 0. The second kappa shape index (κ2) is 4.18. The number of aromatic amines is 1. The Hall–Kier alpha value is -0.880. The molecule has 1 N–H and O–H groups in total. The third-order valence-electron chi connectivity index (χ3n) is 2.56. The lowest BCUT2D eigenvalue weighted by Crippen LogP contribution is -2.36. The van der Waals surface area contributed by atoms with Gasteiger partial charge in [-0.25, -0.2) is 8.42 Å². The average Bonchev–Trinajstić information content (AvgIpc) is 2.86. The number of hydrogen-bond acceptors (Lipinski definition) is 3. The van der Waals surface area contributed by atoms with Gasteiger partial charge in [-0.15, -0.1) is 0 Å². The van der Waals surface area contributed by atoms with Crippen LogP contribution in [0, 0.1) is 5.92 Å². The molecule has 1 fully saturated rings. The molecule has 1 aromatic heterocycles. The van der Waals surface area contributed by atoms with Crippen LogP contribution < -0.4 is 0 Å². The molecule has 0 spiro atoms. The second-order valence-electron chi connectivity index (χ2n) is 4.62. The fourth-order valence-corrected chi connectivity index (χ4v) is 3.43. The average molecular weight is 243 g/mol. The number of rotatable bonds is 5. The molecule has 0 unspecified atom stereocenters. The van der Waals surface area contributed by atoms with Crippen LogP contribution in [0.25, 0.3) is 0 Å². The van der Waals surface area contributed by atoms with Gasteiger partial charge in [0, 0.05) is 12.6 Å². The molecule has 1 aliphatic carbocycles. The number of hydrogen-bond donors (Lipinski definition) is 1. The highest BCUT2D eigenvalue weighted by Crippen LogP contribution is 2.32. The van der Waals surface area contributed by atoms with E-state index in [1.807, 2.05) is 13.8 Å². The Balaban J connectivity index is 2.25. The predicted molar refractivity (Wildman–Crippen MR) is 60.3 cm³/mol. The van der Waals surface area contributed by atoms with E-state index in [4.69, 9.17) is 0 Å². The van der Waals surface area contributed by atoms with Crippen molar-refractivity contribution < 1.29 is 8.42 Å². The Bertz CT molecular complexity index is 435. The normalized spacial score (nSPS) is 17.2. The highest BCUT2D eigenvalue weighted by Gasteiger charge is 2.38. The third-order valence-corrected chi connectivity index (χ3v) is 4.41. The smallest absolute Gasteiger partial charge is 0.260 e. The van der Waals surface area contributed by atoms with E-state index in [1.54, 1.807) is 4.31 Å². The van der Waals surface area contributed by atoms with Gasteiger partial charge in [0.25, 0.3) is 10.0 Å². The molecule has 0 aliphatic heterocycles. The van der Waals surface area contributed by atoms with Gasteiger partial charge in [-0.1, -0.05) is 13.8 Å². The van der Waals surface area contributed by atoms with Gasteiger partial charge in [-0.3, -0.25) is 5.10 Å². The summed E-state index contributed by atoms with van der Waals surface area (Å²) in [6.07, 6.45) is 3.41. The first-order valence-electron chi connectivity index (χ1n) is 5.53. The lowest BCUT2D eigenvalue weighted by molar-refractivity contribution is 0.358. The van der Waals surface area contributed by atoms with E-state index in [1.165, 1.54) is 12.3 Å². The van der Waals surface area contributed by atoms with Crippen molar-refractivity contribution >= 4 is 10.0 Å². The Morgan fingerprint density at radius 2 is 2.25 bits per heavy atom. The second-order valence-corrected chi connectivity index (χ2v) is 6.48. The van der Waals surface area contributed by atoms with Crippen molar-refractivity contribution in [2.75, 3.05) is 6.54 Å². The van der Waals surface area contributed by atoms with Gasteiger partial charge in [-0.2, -0.15) is 9.40 Å². The summed E-state index contributed by atoms with van der Waals surface area (Å²) in [5, 5.41) is 6.43. The summed E-state index contributed by atoms with van der Waals surface area (Å²) in [7, 11) is -3.37. The summed E-state index contributed by atoms with van der Waals surface area (Å²) in [6, 6.07) is 1.70. The number of nitrogens with one attached hydrogen (secondary N) is 1. The largest absolute Gasteiger partial charge is 0.266 e. The molecule has 90 valence electrons. The molecule has 5 nitrogen and oxygen atoms in total. The van der Waals surface area contributed by atoms with Gasteiger partial charge < -0.3 is 0 Å². The minimum Gasteiger partial charge on any atom is -0.266 e. The number of sulfonamides is 1. The van der Waals surface area contributed by atoms with E-state index in [0.29, 0.717) is 12.5 Å². The van der Waals surface area contributed by atoms with Crippen LogP contribution in [0.4, 0.5) is 0 Å². The first-order valence-corrected chi connectivity index (χ1v) is 6.97. The quantitative estimate of drug-likeness (QED) is 0.845. The zero-order valence-electron chi connectivity index (χ0n) is 9.55. The Morgan fingerprint density at radius 1 is 1.56 bits per heavy atom. The topological polar surface area (TPSA) is 66.1 Å². The van der Waals surface area contributed by atoms with Gasteiger partial charge in [0.2, 0.25) is 0 Å². The van der Waals surface area contributed by atoms with E-state index in [-0.39, 0.29) is 11.1 Å². The molecule has 1 aliphatic rings. The Kier molecular flexibility index (Phi) is 3.03. The van der Waals surface area contributed by atoms with Crippen LogP contribution in [0.3, 0.4) is 0 Å². The lowest BCUT2D eigenvalue weighted by atomic mass is 10.2. The first kappa shape index (κ1) is 11.6. The zero-order valence-corrected chi connectivity index (χ0v) is 10.4. The van der Waals surface area contributed by atoms with Gasteiger partial charge >= 0.3 is 0 Å². The van der Waals surface area contributed by atoms with Gasteiger partial charge in [0.1, 0.15) is 0 Å². The number of aromatic nitrogens is 2. The van der Waals surface area contributed by atoms with Crippen LogP contribution in [0.5, 0.6) is 0 Å². The molecule has 0 amide bonds. The minimum atomic E-state index is -3.37. The molecule has 1 saturated carbocycles. The van der Waals surface area contributed by atoms with E-state index >= 15 is 0 Å². The predicted octanol–water partition coefficient (Wildman–Crippen LogP) is 1.22. The maximum absolute atomic E-state index is 12.3. The van der Waals surface area contributed by atoms with Gasteiger partial charge in [0.15, 0.2) is 5.03 Å². The van der Waals surface area contributed by atoms with Crippen LogP contribution in [0.1, 0.15) is 26.7 Å². The van der Waals surface area contributed by atoms with Crippen molar-refractivity contribution in [2.24, 2.45) is 5.92 Å². The highest BCUT2D eigenvalue weighted by molar-refractivity contribution is 7.89. The molecular weight excluding hydrogens is 226 g/mol. The molecule has 6 heteroatoms. The molecule has 0 radical (unpaired) electrons. The fraction of sp³-hybridized carbons (Fsp3) is 0.700.